The highest BCUT2D eigenvalue weighted by Crippen LogP contribution is 2.23. The zero-order valence-electron chi connectivity index (χ0n) is 14.5. The number of amides is 1. The van der Waals surface area contributed by atoms with E-state index in [0.29, 0.717) is 24.0 Å². The lowest BCUT2D eigenvalue weighted by atomic mass is 10.00. The third-order valence-corrected chi connectivity index (χ3v) is 4.58. The van der Waals surface area contributed by atoms with Crippen LogP contribution in [0.1, 0.15) is 17.0 Å². The Labute approximate surface area is 151 Å². The molecule has 132 valence electrons. The van der Waals surface area contributed by atoms with Gasteiger partial charge >= 0.3 is 0 Å². The highest BCUT2D eigenvalue weighted by molar-refractivity contribution is 5.78. The molecule has 0 spiro atoms. The molecule has 6 nitrogen and oxygen atoms in total. The topological polar surface area (TPSA) is 68.5 Å². The average molecular weight is 349 g/mol. The molecule has 6 heteroatoms. The van der Waals surface area contributed by atoms with Gasteiger partial charge in [-0.05, 0) is 35.7 Å². The first-order valence-electron chi connectivity index (χ1n) is 8.54. The van der Waals surface area contributed by atoms with Crippen molar-refractivity contribution in [2.75, 3.05) is 13.7 Å². The molecule has 0 fully saturated rings. The van der Waals surface area contributed by atoms with E-state index in [2.05, 4.69) is 22.3 Å². The Morgan fingerprint density at radius 2 is 2.04 bits per heavy atom. The summed E-state index contributed by atoms with van der Waals surface area (Å²) in [5.41, 5.74) is 3.29. The highest BCUT2D eigenvalue weighted by atomic mass is 16.5. The SMILES string of the molecule is COc1cccc(-c2nc(CC(=O)N3CCc4ccccc4C3)no2)c1. The molecule has 0 N–H and O–H groups in total. The van der Waals surface area contributed by atoms with Gasteiger partial charge in [0.25, 0.3) is 5.89 Å². The molecule has 0 saturated heterocycles. The molecule has 2 heterocycles. The van der Waals surface area contributed by atoms with E-state index in [1.54, 1.807) is 7.11 Å². The lowest BCUT2D eigenvalue weighted by molar-refractivity contribution is -0.131. The normalized spacial score (nSPS) is 13.3. The summed E-state index contributed by atoms with van der Waals surface area (Å²) in [6.07, 6.45) is 1.01. The van der Waals surface area contributed by atoms with Gasteiger partial charge in [0.05, 0.1) is 13.5 Å². The smallest absolute Gasteiger partial charge is 0.258 e. The summed E-state index contributed by atoms with van der Waals surface area (Å²) in [6.45, 7) is 1.35. The minimum Gasteiger partial charge on any atom is -0.497 e. The number of aromatic nitrogens is 2. The third kappa shape index (κ3) is 3.31. The van der Waals surface area contributed by atoms with E-state index in [0.717, 1.165) is 18.5 Å². The van der Waals surface area contributed by atoms with E-state index in [1.165, 1.54) is 11.1 Å². The minimum atomic E-state index is 0.0116. The van der Waals surface area contributed by atoms with Crippen LogP contribution >= 0.6 is 0 Å². The van der Waals surface area contributed by atoms with E-state index < -0.39 is 0 Å². The van der Waals surface area contributed by atoms with Crippen molar-refractivity contribution in [3.8, 4) is 17.2 Å². The number of fused-ring (bicyclic) bond motifs is 1. The summed E-state index contributed by atoms with van der Waals surface area (Å²) in [5, 5.41) is 3.95. The number of rotatable bonds is 4. The second-order valence-electron chi connectivity index (χ2n) is 6.26. The van der Waals surface area contributed by atoms with Gasteiger partial charge in [0, 0.05) is 18.7 Å². The predicted octanol–water partition coefficient (Wildman–Crippen LogP) is 2.87. The van der Waals surface area contributed by atoms with Gasteiger partial charge in [-0.3, -0.25) is 4.79 Å². The average Bonchev–Trinajstić information content (AvgIpc) is 3.16. The van der Waals surface area contributed by atoms with E-state index >= 15 is 0 Å². The van der Waals surface area contributed by atoms with Crippen LogP contribution in [0.15, 0.2) is 53.1 Å². The Bertz CT molecular complexity index is 935. The lowest BCUT2D eigenvalue weighted by Crippen LogP contribution is -2.37. The molecule has 1 amide bonds. The Kier molecular flexibility index (Phi) is 4.39. The molecule has 2 aromatic carbocycles. The van der Waals surface area contributed by atoms with Crippen LogP contribution in [0.5, 0.6) is 5.75 Å². The fourth-order valence-electron chi connectivity index (χ4n) is 3.15. The van der Waals surface area contributed by atoms with Crippen LogP contribution in [-0.2, 0) is 24.2 Å². The van der Waals surface area contributed by atoms with Crippen LogP contribution < -0.4 is 4.74 Å². The maximum Gasteiger partial charge on any atom is 0.258 e. The van der Waals surface area contributed by atoms with Gasteiger partial charge in [-0.1, -0.05) is 35.5 Å². The summed E-state index contributed by atoms with van der Waals surface area (Å²) in [6, 6.07) is 15.6. The molecule has 4 rings (SSSR count). The first kappa shape index (κ1) is 16.3. The predicted molar refractivity (Wildman–Crippen MR) is 95.6 cm³/mol. The second kappa shape index (κ2) is 7.00. The van der Waals surface area contributed by atoms with Crippen molar-refractivity contribution < 1.29 is 14.1 Å². The zero-order chi connectivity index (χ0) is 17.9. The molecule has 1 aliphatic heterocycles. The van der Waals surface area contributed by atoms with Gasteiger partial charge in [-0.2, -0.15) is 4.98 Å². The Morgan fingerprint density at radius 3 is 2.88 bits per heavy atom. The molecular weight excluding hydrogens is 330 g/mol. The molecule has 1 aromatic heterocycles. The zero-order valence-corrected chi connectivity index (χ0v) is 14.5. The second-order valence-corrected chi connectivity index (χ2v) is 6.26. The first-order chi connectivity index (χ1) is 12.7. The van der Waals surface area contributed by atoms with Gasteiger partial charge in [0.2, 0.25) is 5.91 Å². The van der Waals surface area contributed by atoms with Gasteiger partial charge in [0.15, 0.2) is 5.82 Å². The molecule has 1 aliphatic rings. The fraction of sp³-hybridized carbons (Fsp3) is 0.250. The van der Waals surface area contributed by atoms with Crippen LogP contribution in [0.25, 0.3) is 11.5 Å². The number of hydrogen-bond donors (Lipinski definition) is 0. The first-order valence-corrected chi connectivity index (χ1v) is 8.54. The van der Waals surface area contributed by atoms with Crippen molar-refractivity contribution in [1.82, 2.24) is 15.0 Å². The number of carbonyl (C=O) groups excluding carboxylic acids is 1. The van der Waals surface area contributed by atoms with Crippen molar-refractivity contribution in [3.63, 3.8) is 0 Å². The summed E-state index contributed by atoms with van der Waals surface area (Å²) in [7, 11) is 1.60. The van der Waals surface area contributed by atoms with Crippen molar-refractivity contribution in [2.24, 2.45) is 0 Å². The van der Waals surface area contributed by atoms with Gasteiger partial charge in [0.1, 0.15) is 5.75 Å². The summed E-state index contributed by atoms with van der Waals surface area (Å²) in [5.74, 6) is 1.50. The van der Waals surface area contributed by atoms with Crippen LogP contribution in [-0.4, -0.2) is 34.6 Å². The fourth-order valence-corrected chi connectivity index (χ4v) is 3.15. The maximum absolute atomic E-state index is 12.6. The number of carbonyl (C=O) groups is 1. The minimum absolute atomic E-state index is 0.0116. The standard InChI is InChI=1S/C20H19N3O3/c1-25-17-8-4-7-15(11-17)20-21-18(22-26-20)12-19(24)23-10-9-14-5-2-3-6-16(14)13-23/h2-8,11H,9-10,12-13H2,1H3. The number of methoxy groups -OCH3 is 1. The highest BCUT2D eigenvalue weighted by Gasteiger charge is 2.22. The molecule has 3 aromatic rings. The van der Waals surface area contributed by atoms with Crippen molar-refractivity contribution in [2.45, 2.75) is 19.4 Å². The Hall–Kier alpha value is -3.15. The quantitative estimate of drug-likeness (QED) is 0.724. The van der Waals surface area contributed by atoms with Crippen molar-refractivity contribution in [3.05, 3.63) is 65.5 Å². The van der Waals surface area contributed by atoms with Gasteiger partial charge < -0.3 is 14.2 Å². The molecule has 0 bridgehead atoms. The van der Waals surface area contributed by atoms with Crippen LogP contribution in [0.2, 0.25) is 0 Å². The van der Waals surface area contributed by atoms with E-state index in [9.17, 15) is 4.79 Å². The molecule has 0 atom stereocenters. The van der Waals surface area contributed by atoms with Crippen molar-refractivity contribution >= 4 is 5.91 Å². The molecule has 0 unspecified atom stereocenters. The third-order valence-electron chi connectivity index (χ3n) is 4.58. The largest absolute Gasteiger partial charge is 0.497 e. The van der Waals surface area contributed by atoms with Crippen LogP contribution in [0.3, 0.4) is 0 Å². The number of benzene rings is 2. The summed E-state index contributed by atoms with van der Waals surface area (Å²) in [4.78, 5) is 18.8. The van der Waals surface area contributed by atoms with E-state index in [4.69, 9.17) is 9.26 Å². The maximum atomic E-state index is 12.6. The summed E-state index contributed by atoms with van der Waals surface area (Å²) >= 11 is 0. The lowest BCUT2D eigenvalue weighted by Gasteiger charge is -2.28. The van der Waals surface area contributed by atoms with Gasteiger partial charge in [-0.15, -0.1) is 0 Å². The monoisotopic (exact) mass is 349 g/mol. The molecule has 0 radical (unpaired) electrons. The molecule has 26 heavy (non-hydrogen) atoms. The number of nitrogens with zero attached hydrogens (tertiary/aromatic N) is 3. The van der Waals surface area contributed by atoms with Crippen LogP contribution in [0, 0.1) is 0 Å². The molecular formula is C20H19N3O3. The van der Waals surface area contributed by atoms with E-state index in [-0.39, 0.29) is 12.3 Å². The van der Waals surface area contributed by atoms with Gasteiger partial charge in [-0.25, -0.2) is 0 Å². The van der Waals surface area contributed by atoms with Crippen molar-refractivity contribution in [1.29, 1.82) is 0 Å². The number of hydrogen-bond acceptors (Lipinski definition) is 5. The Morgan fingerprint density at radius 1 is 1.19 bits per heavy atom. The van der Waals surface area contributed by atoms with Crippen LogP contribution in [0.4, 0.5) is 0 Å². The molecule has 0 aliphatic carbocycles. The van der Waals surface area contributed by atoms with E-state index in [1.807, 2.05) is 41.3 Å². The number of ether oxygens (including phenoxy) is 1. The molecule has 0 saturated carbocycles. The summed E-state index contributed by atoms with van der Waals surface area (Å²) < 4.78 is 10.5. The Balaban J connectivity index is 1.45.